The van der Waals surface area contributed by atoms with Crippen LogP contribution >= 0.6 is 0 Å². The molecule has 2 bridgehead atoms. The second kappa shape index (κ2) is 8.97. The van der Waals surface area contributed by atoms with E-state index in [9.17, 15) is 14.4 Å². The number of nitriles is 1. The second-order valence-electron chi connectivity index (χ2n) is 9.78. The number of fused-ring (bicyclic) bond motifs is 3. The van der Waals surface area contributed by atoms with Gasteiger partial charge in [-0.05, 0) is 56.3 Å². The van der Waals surface area contributed by atoms with Crippen molar-refractivity contribution in [3.63, 3.8) is 0 Å². The highest BCUT2D eigenvalue weighted by Gasteiger charge is 2.43. The summed E-state index contributed by atoms with van der Waals surface area (Å²) in [6, 6.07) is 7.15. The van der Waals surface area contributed by atoms with Crippen molar-refractivity contribution in [3.8, 4) is 6.07 Å². The van der Waals surface area contributed by atoms with Crippen LogP contribution in [0.25, 0.3) is 0 Å². The lowest BCUT2D eigenvalue weighted by atomic mass is 9.97. The number of morpholine rings is 1. The van der Waals surface area contributed by atoms with Crippen molar-refractivity contribution in [2.75, 3.05) is 38.2 Å². The molecule has 5 rings (SSSR count). The number of nitrogens with zero attached hydrogens (tertiary/aromatic N) is 3. The lowest BCUT2D eigenvalue weighted by Gasteiger charge is -2.46. The highest BCUT2D eigenvalue weighted by molar-refractivity contribution is 5.83. The highest BCUT2D eigenvalue weighted by Crippen LogP contribution is 2.35. The molecule has 32 heavy (non-hydrogen) atoms. The summed E-state index contributed by atoms with van der Waals surface area (Å²) in [6.45, 7) is 3.34. The Balaban J connectivity index is 1.21. The SMILES string of the molecule is CN1CCOC2CCN(c3ccc(CC(C#N)NC(=O)C4NC5CCC4C5)c(F)c3)CC21. The second-order valence-corrected chi connectivity index (χ2v) is 9.78. The smallest absolute Gasteiger partial charge is 0.238 e. The molecule has 6 atom stereocenters. The van der Waals surface area contributed by atoms with Gasteiger partial charge in [0.15, 0.2) is 0 Å². The van der Waals surface area contributed by atoms with E-state index < -0.39 is 6.04 Å². The minimum Gasteiger partial charge on any atom is -0.375 e. The predicted octanol–water partition coefficient (Wildman–Crippen LogP) is 1.43. The Kier molecular flexibility index (Phi) is 6.06. The molecule has 1 amide bonds. The number of anilines is 1. The van der Waals surface area contributed by atoms with Crippen molar-refractivity contribution in [1.82, 2.24) is 15.5 Å². The van der Waals surface area contributed by atoms with Crippen molar-refractivity contribution in [2.45, 2.75) is 62.4 Å². The van der Waals surface area contributed by atoms with E-state index in [1.165, 1.54) is 0 Å². The van der Waals surface area contributed by atoms with Gasteiger partial charge in [0.25, 0.3) is 0 Å². The van der Waals surface area contributed by atoms with E-state index in [4.69, 9.17) is 4.74 Å². The van der Waals surface area contributed by atoms with Crippen molar-refractivity contribution in [1.29, 1.82) is 5.26 Å². The maximum absolute atomic E-state index is 15.0. The minimum absolute atomic E-state index is 0.137. The Labute approximate surface area is 188 Å². The van der Waals surface area contributed by atoms with Gasteiger partial charge in [0.05, 0.1) is 30.9 Å². The number of amides is 1. The molecule has 3 saturated heterocycles. The van der Waals surface area contributed by atoms with Crippen LogP contribution in [-0.4, -0.2) is 74.4 Å². The van der Waals surface area contributed by atoms with E-state index in [2.05, 4.69) is 33.6 Å². The third kappa shape index (κ3) is 4.21. The third-order valence-electron chi connectivity index (χ3n) is 7.80. The van der Waals surface area contributed by atoms with Gasteiger partial charge in [-0.1, -0.05) is 6.07 Å². The summed E-state index contributed by atoms with van der Waals surface area (Å²) < 4.78 is 20.9. The van der Waals surface area contributed by atoms with Crippen molar-refractivity contribution in [2.24, 2.45) is 5.92 Å². The maximum atomic E-state index is 15.0. The molecule has 1 aliphatic carbocycles. The number of benzene rings is 1. The topological polar surface area (TPSA) is 80.6 Å². The molecular weight excluding hydrogens is 409 g/mol. The Morgan fingerprint density at radius 1 is 1.38 bits per heavy atom. The van der Waals surface area contributed by atoms with Crippen LogP contribution in [0.2, 0.25) is 0 Å². The number of hydrogen-bond donors (Lipinski definition) is 2. The van der Waals surface area contributed by atoms with Gasteiger partial charge < -0.3 is 20.3 Å². The summed E-state index contributed by atoms with van der Waals surface area (Å²) in [5.74, 6) is -0.110. The Morgan fingerprint density at radius 2 is 2.25 bits per heavy atom. The van der Waals surface area contributed by atoms with Gasteiger partial charge in [0, 0.05) is 37.8 Å². The summed E-state index contributed by atoms with van der Waals surface area (Å²) in [5, 5.41) is 15.7. The number of carbonyl (C=O) groups excluding carboxylic acids is 1. The van der Waals surface area contributed by atoms with E-state index in [0.29, 0.717) is 23.6 Å². The first-order chi connectivity index (χ1) is 15.5. The summed E-state index contributed by atoms with van der Waals surface area (Å²) in [7, 11) is 2.12. The first-order valence-electron chi connectivity index (χ1n) is 11.8. The van der Waals surface area contributed by atoms with Crippen LogP contribution in [0.3, 0.4) is 0 Å². The molecule has 6 unspecified atom stereocenters. The largest absolute Gasteiger partial charge is 0.375 e. The van der Waals surface area contributed by atoms with Gasteiger partial charge in [-0.2, -0.15) is 5.26 Å². The average Bonchev–Trinajstić information content (AvgIpc) is 3.44. The van der Waals surface area contributed by atoms with Gasteiger partial charge in [0.1, 0.15) is 11.9 Å². The van der Waals surface area contributed by atoms with Gasteiger partial charge in [-0.3, -0.25) is 9.69 Å². The van der Waals surface area contributed by atoms with Crippen LogP contribution < -0.4 is 15.5 Å². The monoisotopic (exact) mass is 441 g/mol. The average molecular weight is 442 g/mol. The van der Waals surface area contributed by atoms with Gasteiger partial charge in [0.2, 0.25) is 5.91 Å². The quantitative estimate of drug-likeness (QED) is 0.720. The molecule has 1 aromatic rings. The summed E-state index contributed by atoms with van der Waals surface area (Å²) in [5.41, 5.74) is 1.31. The number of halogens is 1. The van der Waals surface area contributed by atoms with Crippen LogP contribution in [0.15, 0.2) is 18.2 Å². The molecule has 3 heterocycles. The molecule has 0 radical (unpaired) electrons. The zero-order valence-corrected chi connectivity index (χ0v) is 18.6. The lowest BCUT2D eigenvalue weighted by Crippen LogP contribution is -2.58. The van der Waals surface area contributed by atoms with E-state index in [1.807, 2.05) is 6.07 Å². The predicted molar refractivity (Wildman–Crippen MR) is 119 cm³/mol. The summed E-state index contributed by atoms with van der Waals surface area (Å²) in [6.07, 6.45) is 4.55. The Morgan fingerprint density at radius 3 is 2.97 bits per heavy atom. The molecular formula is C24H32FN5O2. The molecule has 2 N–H and O–H groups in total. The third-order valence-corrected chi connectivity index (χ3v) is 7.80. The molecule has 0 aromatic heterocycles. The molecule has 8 heteroatoms. The van der Waals surface area contributed by atoms with Gasteiger partial charge in [-0.25, -0.2) is 4.39 Å². The summed E-state index contributed by atoms with van der Waals surface area (Å²) >= 11 is 0. The number of likely N-dealkylation sites (N-methyl/N-ethyl adjacent to an activating group) is 1. The molecule has 0 spiro atoms. The number of piperidine rings is 2. The lowest BCUT2D eigenvalue weighted by molar-refractivity contribution is -0.124. The number of nitrogens with one attached hydrogen (secondary N) is 2. The van der Waals surface area contributed by atoms with E-state index in [1.54, 1.807) is 12.1 Å². The number of ether oxygens (including phenoxy) is 1. The van der Waals surface area contributed by atoms with Gasteiger partial charge >= 0.3 is 0 Å². The molecule has 4 fully saturated rings. The van der Waals surface area contributed by atoms with Crippen LogP contribution in [0.4, 0.5) is 10.1 Å². The first-order valence-corrected chi connectivity index (χ1v) is 11.8. The molecule has 1 saturated carbocycles. The normalized spacial score (nSPS) is 32.9. The molecule has 1 aromatic carbocycles. The fourth-order valence-corrected chi connectivity index (χ4v) is 5.94. The first kappa shape index (κ1) is 21.6. The van der Waals surface area contributed by atoms with Crippen LogP contribution in [0.1, 0.15) is 31.2 Å². The number of rotatable bonds is 5. The number of hydrogen-bond acceptors (Lipinski definition) is 6. The van der Waals surface area contributed by atoms with E-state index >= 15 is 0 Å². The van der Waals surface area contributed by atoms with E-state index in [-0.39, 0.29) is 30.3 Å². The molecule has 172 valence electrons. The number of carbonyl (C=O) groups is 1. The molecule has 7 nitrogen and oxygen atoms in total. The van der Waals surface area contributed by atoms with Crippen LogP contribution in [0.5, 0.6) is 0 Å². The molecule has 3 aliphatic heterocycles. The highest BCUT2D eigenvalue weighted by atomic mass is 19.1. The van der Waals surface area contributed by atoms with Crippen molar-refractivity contribution < 1.29 is 13.9 Å². The standard InChI is InChI=1S/C24H32FN5O2/c1-29-8-9-32-22-6-7-30(14-21(22)29)19-5-3-15(20(25)12-19)10-18(13-26)28-24(31)23-16-2-4-17(11-16)27-23/h3,5,12,16-18,21-23,27H,2,4,6-11,14H2,1H3,(H,28,31). The summed E-state index contributed by atoms with van der Waals surface area (Å²) in [4.78, 5) is 17.2. The van der Waals surface area contributed by atoms with E-state index in [0.717, 1.165) is 57.6 Å². The Bertz CT molecular complexity index is 905. The Hall–Kier alpha value is -2.21. The fraction of sp³-hybridized carbons (Fsp3) is 0.667. The zero-order valence-electron chi connectivity index (χ0n) is 18.6. The van der Waals surface area contributed by atoms with Crippen molar-refractivity contribution >= 4 is 11.6 Å². The van der Waals surface area contributed by atoms with Crippen LogP contribution in [-0.2, 0) is 16.0 Å². The minimum atomic E-state index is -0.743. The fourth-order valence-electron chi connectivity index (χ4n) is 5.94. The van der Waals surface area contributed by atoms with Gasteiger partial charge in [-0.15, -0.1) is 0 Å². The maximum Gasteiger partial charge on any atom is 0.238 e. The zero-order chi connectivity index (χ0) is 22.2. The van der Waals surface area contributed by atoms with Crippen LogP contribution in [0, 0.1) is 23.1 Å². The van der Waals surface area contributed by atoms with Crippen molar-refractivity contribution in [3.05, 3.63) is 29.6 Å². The molecule has 4 aliphatic rings.